The van der Waals surface area contributed by atoms with E-state index in [1.54, 1.807) is 31.2 Å². The van der Waals surface area contributed by atoms with Crippen molar-refractivity contribution in [2.45, 2.75) is 26.3 Å². The van der Waals surface area contributed by atoms with Crippen molar-refractivity contribution in [1.29, 1.82) is 0 Å². The van der Waals surface area contributed by atoms with Crippen molar-refractivity contribution in [2.75, 3.05) is 25.0 Å². The average Bonchev–Trinajstić information content (AvgIpc) is 2.86. The van der Waals surface area contributed by atoms with Crippen molar-refractivity contribution >= 4 is 29.2 Å². The van der Waals surface area contributed by atoms with Gasteiger partial charge in [-0.05, 0) is 66.9 Å². The lowest BCUT2D eigenvalue weighted by molar-refractivity contribution is -0.274. The Labute approximate surface area is 222 Å². The number of nitrogens with zero attached hydrogens (tertiary/aromatic N) is 1. The summed E-state index contributed by atoms with van der Waals surface area (Å²) >= 11 is 6.16. The van der Waals surface area contributed by atoms with Gasteiger partial charge in [-0.25, -0.2) is 4.39 Å². The van der Waals surface area contributed by atoms with Crippen LogP contribution in [0.4, 0.5) is 23.2 Å². The smallest absolute Gasteiger partial charge is 0.465 e. The first-order chi connectivity index (χ1) is 18.0. The molecule has 0 aliphatic rings. The van der Waals surface area contributed by atoms with Crippen LogP contribution in [0, 0.1) is 5.82 Å². The molecule has 0 unspecified atom stereocenters. The lowest BCUT2D eigenvalue weighted by atomic mass is 10.1. The zero-order valence-corrected chi connectivity index (χ0v) is 21.1. The quantitative estimate of drug-likeness (QED) is 0.225. The summed E-state index contributed by atoms with van der Waals surface area (Å²) in [5.74, 6) is -1.71. The van der Waals surface area contributed by atoms with Crippen LogP contribution in [0.15, 0.2) is 66.7 Å². The van der Waals surface area contributed by atoms with Gasteiger partial charge in [0.15, 0.2) is 0 Å². The normalized spacial score (nSPS) is 11.1. The Bertz CT molecular complexity index is 1240. The zero-order chi connectivity index (χ0) is 27.7. The highest BCUT2D eigenvalue weighted by Crippen LogP contribution is 2.25. The van der Waals surface area contributed by atoms with Crippen LogP contribution in [0.2, 0.25) is 5.02 Å². The minimum absolute atomic E-state index is 0.0517. The first-order valence-corrected chi connectivity index (χ1v) is 12.0. The lowest BCUT2D eigenvalue weighted by Crippen LogP contribution is -2.33. The average molecular weight is 553 g/mol. The molecule has 3 aromatic rings. The molecule has 6 nitrogen and oxygen atoms in total. The number of nitrogens with one attached hydrogen (secondary N) is 1. The lowest BCUT2D eigenvalue weighted by Gasteiger charge is -2.25. The molecule has 0 fully saturated rings. The number of ether oxygens (including phenoxy) is 2. The molecule has 0 saturated heterocycles. The molecule has 202 valence electrons. The summed E-state index contributed by atoms with van der Waals surface area (Å²) in [5, 5.41) is 3.18. The van der Waals surface area contributed by atoms with Crippen molar-refractivity contribution in [3.63, 3.8) is 0 Å². The number of benzene rings is 3. The molecule has 0 heterocycles. The molecule has 11 heteroatoms. The summed E-state index contributed by atoms with van der Waals surface area (Å²) in [6.07, 6.45) is -4.44. The van der Waals surface area contributed by atoms with Crippen molar-refractivity contribution in [3.8, 4) is 5.75 Å². The molecule has 0 spiro atoms. The number of amides is 1. The van der Waals surface area contributed by atoms with E-state index in [0.29, 0.717) is 22.7 Å². The SMILES string of the molecule is CCOC(=O)CNc1ccc(Cl)cc1C(=O)N(CCc1ccc(F)cc1)Cc1ccc(OC(F)(F)F)cc1. The van der Waals surface area contributed by atoms with Gasteiger partial charge in [0, 0.05) is 23.8 Å². The van der Waals surface area contributed by atoms with E-state index in [-0.39, 0.29) is 43.4 Å². The largest absolute Gasteiger partial charge is 0.573 e. The third-order valence-corrected chi connectivity index (χ3v) is 5.58. The third kappa shape index (κ3) is 8.95. The predicted octanol–water partition coefficient (Wildman–Crippen LogP) is 6.24. The Kier molecular flexibility index (Phi) is 9.95. The van der Waals surface area contributed by atoms with Gasteiger partial charge in [0.05, 0.1) is 12.2 Å². The van der Waals surface area contributed by atoms with Crippen molar-refractivity contribution in [1.82, 2.24) is 4.90 Å². The minimum Gasteiger partial charge on any atom is -0.465 e. The monoisotopic (exact) mass is 552 g/mol. The van der Waals surface area contributed by atoms with E-state index >= 15 is 0 Å². The number of carbonyl (C=O) groups is 2. The number of anilines is 1. The highest BCUT2D eigenvalue weighted by atomic mass is 35.5. The Hall–Kier alpha value is -3.79. The minimum atomic E-state index is -4.82. The highest BCUT2D eigenvalue weighted by Gasteiger charge is 2.31. The standard InChI is InChI=1S/C27H25ClF4N2O4/c1-2-37-25(35)16-33-24-12-7-20(28)15-23(24)26(36)34(14-13-18-3-8-21(29)9-4-18)17-19-5-10-22(11-6-19)38-27(30,31)32/h3-12,15,33H,2,13-14,16-17H2,1H3. The second kappa shape index (κ2) is 13.1. The highest BCUT2D eigenvalue weighted by molar-refractivity contribution is 6.31. The van der Waals surface area contributed by atoms with Crippen LogP contribution in [-0.4, -0.2) is 42.8 Å². The summed E-state index contributed by atoms with van der Waals surface area (Å²) in [7, 11) is 0. The number of esters is 1. The van der Waals surface area contributed by atoms with Crippen LogP contribution in [0.3, 0.4) is 0 Å². The number of alkyl halides is 3. The molecule has 0 radical (unpaired) electrons. The second-order valence-corrected chi connectivity index (χ2v) is 8.58. The van der Waals surface area contributed by atoms with Crippen LogP contribution in [-0.2, 0) is 22.5 Å². The summed E-state index contributed by atoms with van der Waals surface area (Å²) < 4.78 is 59.7. The van der Waals surface area contributed by atoms with Gasteiger partial charge in [0.25, 0.3) is 5.91 Å². The van der Waals surface area contributed by atoms with Crippen LogP contribution in [0.5, 0.6) is 5.75 Å². The van der Waals surface area contributed by atoms with Gasteiger partial charge in [0.2, 0.25) is 0 Å². The van der Waals surface area contributed by atoms with E-state index in [1.165, 1.54) is 35.2 Å². The Morgan fingerprint density at radius 1 is 0.974 bits per heavy atom. The summed E-state index contributed by atoms with van der Waals surface area (Å²) in [6.45, 7) is 1.96. The van der Waals surface area contributed by atoms with E-state index in [0.717, 1.165) is 17.7 Å². The fraction of sp³-hybridized carbons (Fsp3) is 0.259. The van der Waals surface area contributed by atoms with Gasteiger partial charge in [-0.1, -0.05) is 35.9 Å². The van der Waals surface area contributed by atoms with E-state index in [4.69, 9.17) is 16.3 Å². The van der Waals surface area contributed by atoms with Crippen LogP contribution in [0.25, 0.3) is 0 Å². The Morgan fingerprint density at radius 2 is 1.63 bits per heavy atom. The Balaban J connectivity index is 1.85. The maximum Gasteiger partial charge on any atom is 0.573 e. The van der Waals surface area contributed by atoms with Gasteiger partial charge in [-0.3, -0.25) is 9.59 Å². The molecule has 0 aliphatic carbocycles. The predicted molar refractivity (Wildman–Crippen MR) is 135 cm³/mol. The van der Waals surface area contributed by atoms with Crippen LogP contribution in [0.1, 0.15) is 28.4 Å². The molecule has 0 aliphatic heterocycles. The number of rotatable bonds is 11. The molecule has 0 saturated carbocycles. The fourth-order valence-corrected chi connectivity index (χ4v) is 3.75. The molecule has 38 heavy (non-hydrogen) atoms. The Morgan fingerprint density at radius 3 is 2.26 bits per heavy atom. The van der Waals surface area contributed by atoms with E-state index < -0.39 is 18.2 Å². The molecule has 3 rings (SSSR count). The van der Waals surface area contributed by atoms with Gasteiger partial charge < -0.3 is 19.7 Å². The molecule has 3 aromatic carbocycles. The van der Waals surface area contributed by atoms with Crippen LogP contribution < -0.4 is 10.1 Å². The number of hydrogen-bond acceptors (Lipinski definition) is 5. The molecule has 0 atom stereocenters. The molecular formula is C27H25ClF4N2O4. The number of halogens is 5. The molecule has 1 N–H and O–H groups in total. The van der Waals surface area contributed by atoms with E-state index in [1.807, 2.05) is 0 Å². The van der Waals surface area contributed by atoms with Crippen molar-refractivity contribution < 1.29 is 36.6 Å². The molecular weight excluding hydrogens is 528 g/mol. The summed E-state index contributed by atoms with van der Waals surface area (Å²) in [5.41, 5.74) is 1.88. The molecule has 1 amide bonds. The van der Waals surface area contributed by atoms with Gasteiger partial charge in [-0.2, -0.15) is 0 Å². The third-order valence-electron chi connectivity index (χ3n) is 5.34. The van der Waals surface area contributed by atoms with E-state index in [2.05, 4.69) is 10.1 Å². The van der Waals surface area contributed by atoms with Gasteiger partial charge in [-0.15, -0.1) is 13.2 Å². The fourth-order valence-electron chi connectivity index (χ4n) is 3.58. The van der Waals surface area contributed by atoms with Crippen LogP contribution >= 0.6 is 11.6 Å². The van der Waals surface area contributed by atoms with Crippen molar-refractivity contribution in [2.24, 2.45) is 0 Å². The van der Waals surface area contributed by atoms with E-state index in [9.17, 15) is 27.2 Å². The maximum absolute atomic E-state index is 13.7. The van der Waals surface area contributed by atoms with Gasteiger partial charge >= 0.3 is 12.3 Å². The second-order valence-electron chi connectivity index (χ2n) is 8.14. The summed E-state index contributed by atoms with van der Waals surface area (Å²) in [4.78, 5) is 27.0. The zero-order valence-electron chi connectivity index (χ0n) is 20.4. The first kappa shape index (κ1) is 28.8. The number of hydrogen-bond donors (Lipinski definition) is 1. The van der Waals surface area contributed by atoms with Crippen molar-refractivity contribution in [3.05, 3.63) is 94.3 Å². The summed E-state index contributed by atoms with van der Waals surface area (Å²) in [6, 6.07) is 15.6. The number of carbonyl (C=O) groups excluding carboxylic acids is 2. The maximum atomic E-state index is 13.7. The van der Waals surface area contributed by atoms with Gasteiger partial charge in [0.1, 0.15) is 18.1 Å². The molecule has 0 aromatic heterocycles. The molecule has 0 bridgehead atoms. The topological polar surface area (TPSA) is 67.9 Å². The first-order valence-electron chi connectivity index (χ1n) is 11.6.